The lowest BCUT2D eigenvalue weighted by atomic mass is 10.2. The number of rotatable bonds is 4. The molecule has 0 aliphatic rings. The lowest BCUT2D eigenvalue weighted by Gasteiger charge is -2.08. The Hall–Kier alpha value is -2.50. The van der Waals surface area contributed by atoms with Gasteiger partial charge in [0, 0.05) is 18.9 Å². The van der Waals surface area contributed by atoms with Crippen molar-refractivity contribution in [1.82, 2.24) is 9.78 Å². The second-order valence-corrected chi connectivity index (χ2v) is 4.02. The van der Waals surface area contributed by atoms with Crippen molar-refractivity contribution in [2.24, 2.45) is 7.05 Å². The van der Waals surface area contributed by atoms with Gasteiger partial charge in [-0.2, -0.15) is 5.10 Å². The number of hydrogen-bond acceptors (Lipinski definition) is 5. The molecule has 1 aromatic carbocycles. The van der Waals surface area contributed by atoms with E-state index in [0.29, 0.717) is 22.7 Å². The van der Waals surface area contributed by atoms with Crippen molar-refractivity contribution >= 4 is 11.7 Å². The molecule has 0 fully saturated rings. The summed E-state index contributed by atoms with van der Waals surface area (Å²) in [7, 11) is 3.29. The molecule has 6 nitrogen and oxygen atoms in total. The van der Waals surface area contributed by atoms with Crippen LogP contribution < -0.4 is 10.5 Å². The van der Waals surface area contributed by atoms with Crippen molar-refractivity contribution in [3.63, 3.8) is 0 Å². The van der Waals surface area contributed by atoms with E-state index in [2.05, 4.69) is 5.10 Å². The van der Waals surface area contributed by atoms with Crippen LogP contribution in [0.2, 0.25) is 0 Å². The average molecular weight is 261 g/mol. The second kappa shape index (κ2) is 5.43. The quantitative estimate of drug-likeness (QED) is 0.664. The summed E-state index contributed by atoms with van der Waals surface area (Å²) in [5.41, 5.74) is 7.11. The Bertz CT molecular complexity index is 593. The van der Waals surface area contributed by atoms with Gasteiger partial charge in [0.15, 0.2) is 0 Å². The number of anilines is 1. The Balaban J connectivity index is 2.09. The van der Waals surface area contributed by atoms with Crippen molar-refractivity contribution < 1.29 is 14.3 Å². The molecule has 0 aliphatic heterocycles. The topological polar surface area (TPSA) is 79.4 Å². The van der Waals surface area contributed by atoms with Gasteiger partial charge in [-0.05, 0) is 24.3 Å². The molecule has 0 unspecified atom stereocenters. The van der Waals surface area contributed by atoms with Crippen LogP contribution in [0.4, 0.5) is 5.69 Å². The normalized spacial score (nSPS) is 10.2. The fourth-order valence-electron chi connectivity index (χ4n) is 1.64. The van der Waals surface area contributed by atoms with Crippen molar-refractivity contribution in [2.75, 3.05) is 12.8 Å². The van der Waals surface area contributed by atoms with Crippen molar-refractivity contribution in [3.8, 4) is 5.75 Å². The maximum Gasteiger partial charge on any atom is 0.342 e. The molecule has 2 N–H and O–H groups in total. The number of methoxy groups -OCH3 is 1. The van der Waals surface area contributed by atoms with Crippen molar-refractivity contribution in [1.29, 1.82) is 0 Å². The number of esters is 1. The van der Waals surface area contributed by atoms with Gasteiger partial charge in [0.2, 0.25) is 0 Å². The Morgan fingerprint density at radius 2 is 2.21 bits per heavy atom. The van der Waals surface area contributed by atoms with Crippen LogP contribution in [0, 0.1) is 0 Å². The van der Waals surface area contributed by atoms with Crippen LogP contribution in [0.15, 0.2) is 30.5 Å². The van der Waals surface area contributed by atoms with Gasteiger partial charge in [0.1, 0.15) is 17.9 Å². The van der Waals surface area contributed by atoms with Crippen LogP contribution in [-0.4, -0.2) is 22.9 Å². The van der Waals surface area contributed by atoms with Gasteiger partial charge in [-0.1, -0.05) is 0 Å². The highest BCUT2D eigenvalue weighted by atomic mass is 16.5. The number of carbonyl (C=O) groups excluding carboxylic acids is 1. The molecule has 2 rings (SSSR count). The van der Waals surface area contributed by atoms with Crippen LogP contribution in [0.1, 0.15) is 16.1 Å². The first-order valence-electron chi connectivity index (χ1n) is 5.69. The third kappa shape index (κ3) is 3.04. The third-order valence-electron chi connectivity index (χ3n) is 2.56. The van der Waals surface area contributed by atoms with E-state index in [1.165, 1.54) is 13.2 Å². The molecule has 0 saturated carbocycles. The number of nitrogens with zero attached hydrogens (tertiary/aromatic N) is 2. The first-order valence-corrected chi connectivity index (χ1v) is 5.69. The lowest BCUT2D eigenvalue weighted by molar-refractivity contribution is 0.0463. The van der Waals surface area contributed by atoms with E-state index in [4.69, 9.17) is 15.2 Å². The van der Waals surface area contributed by atoms with Gasteiger partial charge in [-0.25, -0.2) is 4.79 Å². The zero-order chi connectivity index (χ0) is 13.8. The molecule has 100 valence electrons. The summed E-state index contributed by atoms with van der Waals surface area (Å²) in [5.74, 6) is -0.0602. The smallest absolute Gasteiger partial charge is 0.342 e. The molecule has 0 saturated heterocycles. The maximum absolute atomic E-state index is 12.0. The molecule has 1 heterocycles. The monoisotopic (exact) mass is 261 g/mol. The average Bonchev–Trinajstić information content (AvgIpc) is 2.81. The number of benzene rings is 1. The summed E-state index contributed by atoms with van der Waals surface area (Å²) < 4.78 is 11.9. The number of carbonyl (C=O) groups is 1. The summed E-state index contributed by atoms with van der Waals surface area (Å²) >= 11 is 0. The van der Waals surface area contributed by atoms with E-state index >= 15 is 0 Å². The van der Waals surface area contributed by atoms with Crippen LogP contribution in [0.25, 0.3) is 0 Å². The molecule has 6 heteroatoms. The standard InChI is InChI=1S/C13H15N3O3/c1-16-6-5-10(15-16)8-19-13(17)11-7-9(14)3-4-12(11)18-2/h3-7H,8,14H2,1-2H3. The Kier molecular flexibility index (Phi) is 3.70. The third-order valence-corrected chi connectivity index (χ3v) is 2.56. The predicted octanol–water partition coefficient (Wildman–Crippen LogP) is 1.37. The van der Waals surface area contributed by atoms with E-state index in [-0.39, 0.29) is 6.61 Å². The van der Waals surface area contributed by atoms with Crippen molar-refractivity contribution in [2.45, 2.75) is 6.61 Å². The van der Waals surface area contributed by atoms with Crippen LogP contribution in [0.3, 0.4) is 0 Å². The minimum atomic E-state index is -0.491. The number of aryl methyl sites for hydroxylation is 1. The summed E-state index contributed by atoms with van der Waals surface area (Å²) in [6.45, 7) is 0.109. The van der Waals surface area contributed by atoms with Gasteiger partial charge < -0.3 is 15.2 Å². The van der Waals surface area contributed by atoms with E-state index in [0.717, 1.165) is 0 Å². The molecule has 0 radical (unpaired) electrons. The minimum absolute atomic E-state index is 0.109. The zero-order valence-electron chi connectivity index (χ0n) is 10.8. The first-order chi connectivity index (χ1) is 9.10. The second-order valence-electron chi connectivity index (χ2n) is 4.02. The fourth-order valence-corrected chi connectivity index (χ4v) is 1.64. The predicted molar refractivity (Wildman–Crippen MR) is 69.7 cm³/mol. The van der Waals surface area contributed by atoms with Gasteiger partial charge in [0.05, 0.1) is 12.8 Å². The highest BCUT2D eigenvalue weighted by Gasteiger charge is 2.14. The van der Waals surface area contributed by atoms with Gasteiger partial charge in [-0.3, -0.25) is 4.68 Å². The van der Waals surface area contributed by atoms with Crippen LogP contribution >= 0.6 is 0 Å². The number of nitrogen functional groups attached to an aromatic ring is 1. The largest absolute Gasteiger partial charge is 0.496 e. The molecule has 0 spiro atoms. The SMILES string of the molecule is COc1ccc(N)cc1C(=O)OCc1ccn(C)n1. The van der Waals surface area contributed by atoms with Gasteiger partial charge in [-0.15, -0.1) is 0 Å². The number of hydrogen-bond donors (Lipinski definition) is 1. The molecular weight excluding hydrogens is 246 g/mol. The molecular formula is C13H15N3O3. The minimum Gasteiger partial charge on any atom is -0.496 e. The highest BCUT2D eigenvalue weighted by Crippen LogP contribution is 2.22. The number of ether oxygens (including phenoxy) is 2. The van der Waals surface area contributed by atoms with Crippen molar-refractivity contribution in [3.05, 3.63) is 41.7 Å². The van der Waals surface area contributed by atoms with Gasteiger partial charge >= 0.3 is 5.97 Å². The molecule has 0 aliphatic carbocycles. The lowest BCUT2D eigenvalue weighted by Crippen LogP contribution is -2.08. The number of aromatic nitrogens is 2. The molecule has 0 bridgehead atoms. The molecule has 1 aromatic heterocycles. The first kappa shape index (κ1) is 12.9. The van der Waals surface area contributed by atoms with Gasteiger partial charge in [0.25, 0.3) is 0 Å². The van der Waals surface area contributed by atoms with Crippen LogP contribution in [0.5, 0.6) is 5.75 Å². The Labute approximate surface area is 110 Å². The van der Waals surface area contributed by atoms with E-state index < -0.39 is 5.97 Å². The Morgan fingerprint density at radius 1 is 1.42 bits per heavy atom. The van der Waals surface area contributed by atoms with E-state index in [9.17, 15) is 4.79 Å². The zero-order valence-corrected chi connectivity index (χ0v) is 10.8. The van der Waals surface area contributed by atoms with E-state index in [1.54, 1.807) is 36.1 Å². The number of nitrogens with two attached hydrogens (primary N) is 1. The molecule has 0 atom stereocenters. The summed E-state index contributed by atoms with van der Waals surface area (Å²) in [5, 5.41) is 4.12. The maximum atomic E-state index is 12.0. The van der Waals surface area contributed by atoms with E-state index in [1.807, 2.05) is 0 Å². The highest BCUT2D eigenvalue weighted by molar-refractivity contribution is 5.93. The fraction of sp³-hybridized carbons (Fsp3) is 0.231. The van der Waals surface area contributed by atoms with Crippen LogP contribution in [-0.2, 0) is 18.4 Å². The summed E-state index contributed by atoms with van der Waals surface area (Å²) in [4.78, 5) is 12.0. The Morgan fingerprint density at radius 3 is 2.84 bits per heavy atom. The summed E-state index contributed by atoms with van der Waals surface area (Å²) in [6, 6.07) is 6.60. The molecule has 0 amide bonds. The molecule has 2 aromatic rings. The summed E-state index contributed by atoms with van der Waals surface area (Å²) in [6.07, 6.45) is 1.78. The molecule has 19 heavy (non-hydrogen) atoms.